The van der Waals surface area contributed by atoms with Crippen LogP contribution in [0.15, 0.2) is 4.99 Å². The van der Waals surface area contributed by atoms with E-state index in [0.717, 1.165) is 12.2 Å². The lowest BCUT2D eigenvalue weighted by molar-refractivity contribution is 0.213. The minimum Gasteiger partial charge on any atom is -0.341 e. The molecule has 0 atom stereocenters. The summed E-state index contributed by atoms with van der Waals surface area (Å²) in [5.74, 6) is 0.800. The van der Waals surface area contributed by atoms with Crippen molar-refractivity contribution in [1.82, 2.24) is 15.5 Å². The molecule has 0 aromatic heterocycles. The lowest BCUT2D eigenvalue weighted by Gasteiger charge is -2.16. The number of hydrogen-bond acceptors (Lipinski definition) is 3. The third kappa shape index (κ3) is 6.48. The van der Waals surface area contributed by atoms with E-state index in [9.17, 15) is 9.59 Å². The first-order valence-corrected chi connectivity index (χ1v) is 7.06. The molecule has 6 nitrogen and oxygen atoms in total. The molecule has 0 aliphatic heterocycles. The van der Waals surface area contributed by atoms with E-state index >= 15 is 0 Å². The summed E-state index contributed by atoms with van der Waals surface area (Å²) in [5, 5.41) is 5.32. The van der Waals surface area contributed by atoms with Gasteiger partial charge in [-0.3, -0.25) is 5.32 Å². The van der Waals surface area contributed by atoms with Crippen LogP contribution in [0.1, 0.15) is 27.2 Å². The number of rotatable bonds is 4. The molecule has 7 heteroatoms. The third-order valence-electron chi connectivity index (χ3n) is 2.12. The van der Waals surface area contributed by atoms with Crippen LogP contribution in [0.3, 0.4) is 0 Å². The summed E-state index contributed by atoms with van der Waals surface area (Å²) in [5.41, 5.74) is 0. The summed E-state index contributed by atoms with van der Waals surface area (Å²) in [6.45, 7) is 7.01. The topological polar surface area (TPSA) is 73.8 Å². The van der Waals surface area contributed by atoms with Crippen molar-refractivity contribution >= 4 is 29.0 Å². The number of amides is 4. The molecule has 0 saturated heterocycles. The number of carbonyl (C=O) groups is 2. The fraction of sp³-hybridized carbons (Fsp3) is 0.727. The zero-order valence-corrected chi connectivity index (χ0v) is 12.3. The van der Waals surface area contributed by atoms with Gasteiger partial charge in [-0.15, -0.1) is 0 Å². The highest BCUT2D eigenvalue weighted by atomic mass is 32.2. The zero-order chi connectivity index (χ0) is 14.0. The molecule has 0 fully saturated rings. The lowest BCUT2D eigenvalue weighted by atomic mass is 10.5. The molecular weight excluding hydrogens is 252 g/mol. The van der Waals surface area contributed by atoms with E-state index < -0.39 is 0 Å². The van der Waals surface area contributed by atoms with Crippen LogP contribution in [0.25, 0.3) is 0 Å². The molecule has 0 aromatic rings. The van der Waals surface area contributed by atoms with E-state index in [4.69, 9.17) is 0 Å². The molecule has 0 aromatic carbocycles. The Hall–Kier alpha value is -1.24. The van der Waals surface area contributed by atoms with Crippen LogP contribution in [0.2, 0.25) is 0 Å². The van der Waals surface area contributed by atoms with Crippen LogP contribution in [-0.2, 0) is 0 Å². The second kappa shape index (κ2) is 9.76. The van der Waals surface area contributed by atoms with Gasteiger partial charge in [-0.1, -0.05) is 18.7 Å². The highest BCUT2D eigenvalue weighted by molar-refractivity contribution is 8.13. The van der Waals surface area contributed by atoms with Crippen LogP contribution in [0, 0.1) is 0 Å². The molecule has 0 saturated carbocycles. The van der Waals surface area contributed by atoms with Crippen molar-refractivity contribution in [1.29, 1.82) is 0 Å². The standard InChI is InChI=1S/C11H22N4O2S/c1-5-8-18-10(13-9(16)12-4)14-11(17)15(6-2)7-3/h5-8H2,1-4H3,(H2,12,13,14,16,17). The van der Waals surface area contributed by atoms with Crippen molar-refractivity contribution in [3.8, 4) is 0 Å². The number of carbonyl (C=O) groups excluding carboxylic acids is 2. The van der Waals surface area contributed by atoms with Gasteiger partial charge in [0.2, 0.25) is 0 Å². The Morgan fingerprint density at radius 1 is 1.22 bits per heavy atom. The average molecular weight is 274 g/mol. The van der Waals surface area contributed by atoms with Crippen molar-refractivity contribution in [2.24, 2.45) is 4.99 Å². The normalized spacial score (nSPS) is 11.0. The summed E-state index contributed by atoms with van der Waals surface area (Å²) in [4.78, 5) is 28.6. The molecule has 0 radical (unpaired) electrons. The van der Waals surface area contributed by atoms with Gasteiger partial charge in [-0.2, -0.15) is 4.99 Å². The molecule has 0 heterocycles. The monoisotopic (exact) mass is 274 g/mol. The second-order valence-corrected chi connectivity index (χ2v) is 4.51. The predicted octanol–water partition coefficient (Wildman–Crippen LogP) is 1.88. The first-order valence-electron chi connectivity index (χ1n) is 6.08. The van der Waals surface area contributed by atoms with Crippen LogP contribution in [0.4, 0.5) is 9.59 Å². The highest BCUT2D eigenvalue weighted by Gasteiger charge is 2.11. The van der Waals surface area contributed by atoms with Crippen LogP contribution < -0.4 is 10.6 Å². The summed E-state index contributed by atoms with van der Waals surface area (Å²) in [7, 11) is 1.52. The second-order valence-electron chi connectivity index (χ2n) is 3.42. The van der Waals surface area contributed by atoms with Crippen molar-refractivity contribution in [3.63, 3.8) is 0 Å². The first kappa shape index (κ1) is 16.8. The molecule has 104 valence electrons. The molecule has 0 aliphatic carbocycles. The molecule has 0 aliphatic rings. The van der Waals surface area contributed by atoms with Crippen molar-refractivity contribution < 1.29 is 9.59 Å². The average Bonchev–Trinajstić information content (AvgIpc) is 2.37. The van der Waals surface area contributed by atoms with E-state index in [1.165, 1.54) is 18.8 Å². The maximum absolute atomic E-state index is 11.8. The van der Waals surface area contributed by atoms with Gasteiger partial charge in [-0.05, 0) is 20.3 Å². The van der Waals surface area contributed by atoms with Crippen molar-refractivity contribution in [2.45, 2.75) is 27.2 Å². The lowest BCUT2D eigenvalue weighted by Crippen LogP contribution is -2.38. The van der Waals surface area contributed by atoms with Gasteiger partial charge < -0.3 is 10.2 Å². The van der Waals surface area contributed by atoms with E-state index in [-0.39, 0.29) is 12.1 Å². The minimum absolute atomic E-state index is 0.324. The number of urea groups is 2. The molecular formula is C11H22N4O2S. The smallest absolute Gasteiger partial charge is 0.341 e. The largest absolute Gasteiger partial charge is 0.345 e. The number of amidine groups is 1. The summed E-state index contributed by atoms with van der Waals surface area (Å²) in [6, 6.07) is -0.695. The van der Waals surface area contributed by atoms with Crippen LogP contribution in [-0.4, -0.2) is 48.0 Å². The van der Waals surface area contributed by atoms with Gasteiger partial charge >= 0.3 is 12.1 Å². The van der Waals surface area contributed by atoms with Crippen molar-refractivity contribution in [2.75, 3.05) is 25.9 Å². The molecule has 0 rings (SSSR count). The van der Waals surface area contributed by atoms with E-state index in [1.807, 2.05) is 20.8 Å². The quantitative estimate of drug-likeness (QED) is 0.607. The maximum Gasteiger partial charge on any atom is 0.345 e. The van der Waals surface area contributed by atoms with Crippen LogP contribution in [0.5, 0.6) is 0 Å². The van der Waals surface area contributed by atoms with Gasteiger partial charge in [0.1, 0.15) is 0 Å². The number of nitrogens with zero attached hydrogens (tertiary/aromatic N) is 2. The van der Waals surface area contributed by atoms with Crippen molar-refractivity contribution in [3.05, 3.63) is 0 Å². The first-order chi connectivity index (χ1) is 8.58. The number of hydrogen-bond donors (Lipinski definition) is 2. The molecule has 4 amide bonds. The number of aliphatic imine (C=N–C) groups is 1. The van der Waals surface area contributed by atoms with Gasteiger partial charge in [0.25, 0.3) is 0 Å². The Morgan fingerprint density at radius 3 is 2.28 bits per heavy atom. The van der Waals surface area contributed by atoms with E-state index in [1.54, 1.807) is 4.90 Å². The highest BCUT2D eigenvalue weighted by Crippen LogP contribution is 2.05. The summed E-state index contributed by atoms with van der Waals surface area (Å²) < 4.78 is 0. The van der Waals surface area contributed by atoms with E-state index in [0.29, 0.717) is 18.3 Å². The van der Waals surface area contributed by atoms with Gasteiger partial charge in [0.05, 0.1) is 0 Å². The predicted molar refractivity (Wildman–Crippen MR) is 76.1 cm³/mol. The third-order valence-corrected chi connectivity index (χ3v) is 3.20. The summed E-state index contributed by atoms with van der Waals surface area (Å²) in [6.07, 6.45) is 0.943. The Labute approximate surface area is 113 Å². The molecule has 0 spiro atoms. The fourth-order valence-corrected chi connectivity index (χ4v) is 1.81. The van der Waals surface area contributed by atoms with Crippen LogP contribution >= 0.6 is 11.8 Å². The van der Waals surface area contributed by atoms with Gasteiger partial charge in [0.15, 0.2) is 5.17 Å². The minimum atomic E-state index is -0.371. The molecule has 18 heavy (non-hydrogen) atoms. The number of nitrogens with one attached hydrogen (secondary N) is 2. The Balaban J connectivity index is 4.70. The Morgan fingerprint density at radius 2 is 1.83 bits per heavy atom. The van der Waals surface area contributed by atoms with E-state index in [2.05, 4.69) is 15.6 Å². The SMILES string of the molecule is CCCSC(=NC(=O)N(CC)CC)NC(=O)NC. The zero-order valence-electron chi connectivity index (χ0n) is 11.4. The summed E-state index contributed by atoms with van der Waals surface area (Å²) >= 11 is 1.36. The van der Waals surface area contributed by atoms with Gasteiger partial charge in [0, 0.05) is 25.9 Å². The molecule has 2 N–H and O–H groups in total. The Kier molecular flexibility index (Phi) is 9.08. The maximum atomic E-state index is 11.8. The molecule has 0 unspecified atom stereocenters. The molecule has 0 bridgehead atoms. The number of thioether (sulfide) groups is 1. The fourth-order valence-electron chi connectivity index (χ4n) is 1.11. The Bertz CT molecular complexity index is 303. The van der Waals surface area contributed by atoms with Gasteiger partial charge in [-0.25, -0.2) is 9.59 Å².